The van der Waals surface area contributed by atoms with Gasteiger partial charge in [-0.25, -0.2) is 0 Å². The highest BCUT2D eigenvalue weighted by molar-refractivity contribution is 5.68. The zero-order chi connectivity index (χ0) is 15.0. The average molecular weight is 271 g/mol. The van der Waals surface area contributed by atoms with Gasteiger partial charge in [-0.2, -0.15) is 5.26 Å². The van der Waals surface area contributed by atoms with Crippen molar-refractivity contribution in [3.8, 4) is 6.07 Å². The number of benzene rings is 1. The van der Waals surface area contributed by atoms with E-state index in [-0.39, 0.29) is 0 Å². The van der Waals surface area contributed by atoms with E-state index in [1.165, 1.54) is 6.42 Å². The normalized spacial score (nSPS) is 21.1. The fraction of sp³-hybridized carbons (Fsp3) is 0.588. The molecule has 0 atom stereocenters. The van der Waals surface area contributed by atoms with Crippen molar-refractivity contribution < 1.29 is 0 Å². The molecule has 1 aliphatic rings. The Bertz CT molecular complexity index is 522. The number of nitriles is 1. The van der Waals surface area contributed by atoms with Crippen molar-refractivity contribution in [2.24, 2.45) is 10.8 Å². The number of hydrogen-bond donors (Lipinski definition) is 2. The molecule has 0 bridgehead atoms. The summed E-state index contributed by atoms with van der Waals surface area (Å²) in [6.07, 6.45) is 3.55. The Balaban J connectivity index is 2.16. The Morgan fingerprint density at radius 1 is 1.20 bits per heavy atom. The van der Waals surface area contributed by atoms with E-state index in [0.717, 1.165) is 18.5 Å². The van der Waals surface area contributed by atoms with Crippen LogP contribution in [0.1, 0.15) is 52.5 Å². The fourth-order valence-corrected chi connectivity index (χ4v) is 3.93. The van der Waals surface area contributed by atoms with Gasteiger partial charge in [-0.3, -0.25) is 0 Å². The zero-order valence-corrected chi connectivity index (χ0v) is 13.0. The highest BCUT2D eigenvalue weighted by Gasteiger charge is 2.38. The van der Waals surface area contributed by atoms with Crippen molar-refractivity contribution in [3.05, 3.63) is 23.8 Å². The zero-order valence-electron chi connectivity index (χ0n) is 13.0. The molecule has 0 aromatic heterocycles. The largest absolute Gasteiger partial charge is 0.397 e. The maximum atomic E-state index is 8.89. The second kappa shape index (κ2) is 5.01. The molecule has 1 saturated carbocycles. The third-order valence-electron chi connectivity index (χ3n) is 4.10. The van der Waals surface area contributed by atoms with E-state index in [2.05, 4.69) is 39.1 Å². The molecule has 0 radical (unpaired) electrons. The number of rotatable bonds is 2. The van der Waals surface area contributed by atoms with Crippen LogP contribution in [-0.4, -0.2) is 6.04 Å². The van der Waals surface area contributed by atoms with Gasteiger partial charge in [-0.1, -0.05) is 27.7 Å². The molecule has 0 heterocycles. The van der Waals surface area contributed by atoms with E-state index in [1.54, 1.807) is 6.07 Å². The quantitative estimate of drug-likeness (QED) is 0.794. The van der Waals surface area contributed by atoms with Crippen molar-refractivity contribution in [1.82, 2.24) is 0 Å². The van der Waals surface area contributed by atoms with Gasteiger partial charge in [0.25, 0.3) is 0 Å². The van der Waals surface area contributed by atoms with Crippen molar-refractivity contribution in [1.29, 1.82) is 5.26 Å². The van der Waals surface area contributed by atoms with Crippen molar-refractivity contribution in [2.75, 3.05) is 11.1 Å². The van der Waals surface area contributed by atoms with Gasteiger partial charge in [-0.05, 0) is 48.3 Å². The van der Waals surface area contributed by atoms with Crippen LogP contribution in [0.25, 0.3) is 0 Å². The van der Waals surface area contributed by atoms with Crippen LogP contribution in [0.2, 0.25) is 0 Å². The van der Waals surface area contributed by atoms with Crippen molar-refractivity contribution in [2.45, 2.75) is 53.0 Å². The van der Waals surface area contributed by atoms with Crippen molar-refractivity contribution >= 4 is 11.4 Å². The molecule has 1 fully saturated rings. The van der Waals surface area contributed by atoms with E-state index in [9.17, 15) is 0 Å². The Morgan fingerprint density at radius 2 is 1.80 bits per heavy atom. The lowest BCUT2D eigenvalue weighted by atomic mass is 9.63. The Labute approximate surface area is 122 Å². The SMILES string of the molecule is CC1(C)CC(Nc2ccc(C#N)cc2N)CC(C)(C)C1. The summed E-state index contributed by atoms with van der Waals surface area (Å²) in [5, 5.41) is 12.5. The van der Waals surface area contributed by atoms with Gasteiger partial charge < -0.3 is 11.1 Å². The molecule has 0 saturated heterocycles. The topological polar surface area (TPSA) is 61.8 Å². The standard InChI is InChI=1S/C17H25N3/c1-16(2)8-13(9-17(3,4)11-16)20-15-6-5-12(10-18)7-14(15)19/h5-7,13,20H,8-9,11,19H2,1-4H3. The first-order valence-corrected chi connectivity index (χ1v) is 7.27. The van der Waals surface area contributed by atoms with E-state index < -0.39 is 0 Å². The Hall–Kier alpha value is -1.69. The molecule has 20 heavy (non-hydrogen) atoms. The second-order valence-corrected chi connectivity index (χ2v) is 7.67. The minimum absolute atomic E-state index is 0.348. The van der Waals surface area contributed by atoms with E-state index in [4.69, 9.17) is 11.0 Å². The van der Waals surface area contributed by atoms with Gasteiger partial charge in [0, 0.05) is 6.04 Å². The molecule has 3 heteroatoms. The highest BCUT2D eigenvalue weighted by Crippen LogP contribution is 2.46. The molecule has 3 nitrogen and oxygen atoms in total. The summed E-state index contributed by atoms with van der Waals surface area (Å²) in [5.74, 6) is 0. The molecule has 1 aromatic carbocycles. The average Bonchev–Trinajstić information content (AvgIpc) is 2.27. The number of hydrogen-bond acceptors (Lipinski definition) is 3. The summed E-state index contributed by atoms with van der Waals surface area (Å²) in [5.41, 5.74) is 8.94. The van der Waals surface area contributed by atoms with E-state index in [1.807, 2.05) is 12.1 Å². The van der Waals surface area contributed by atoms with E-state index >= 15 is 0 Å². The van der Waals surface area contributed by atoms with E-state index in [0.29, 0.717) is 28.1 Å². The summed E-state index contributed by atoms with van der Waals surface area (Å²) in [7, 11) is 0. The van der Waals surface area contributed by atoms with Gasteiger partial charge in [0.1, 0.15) is 0 Å². The number of anilines is 2. The maximum Gasteiger partial charge on any atom is 0.0992 e. The third kappa shape index (κ3) is 3.45. The van der Waals surface area contributed by atoms with Gasteiger partial charge >= 0.3 is 0 Å². The Kier molecular flexibility index (Phi) is 3.69. The first-order chi connectivity index (χ1) is 9.21. The lowest BCUT2D eigenvalue weighted by Crippen LogP contribution is -2.40. The minimum Gasteiger partial charge on any atom is -0.397 e. The van der Waals surface area contributed by atoms with Crippen LogP contribution in [0.5, 0.6) is 0 Å². The third-order valence-corrected chi connectivity index (χ3v) is 4.10. The van der Waals surface area contributed by atoms with Gasteiger partial charge in [0.15, 0.2) is 0 Å². The summed E-state index contributed by atoms with van der Waals surface area (Å²) in [6.45, 7) is 9.35. The summed E-state index contributed by atoms with van der Waals surface area (Å²) in [4.78, 5) is 0. The lowest BCUT2D eigenvalue weighted by molar-refractivity contribution is 0.105. The molecule has 0 amide bonds. The number of nitrogens with two attached hydrogens (primary N) is 1. The predicted molar refractivity (Wildman–Crippen MR) is 84.4 cm³/mol. The molecule has 0 unspecified atom stereocenters. The smallest absolute Gasteiger partial charge is 0.0992 e. The first kappa shape index (κ1) is 14.7. The minimum atomic E-state index is 0.348. The molecular weight excluding hydrogens is 246 g/mol. The maximum absolute atomic E-state index is 8.89. The molecule has 0 spiro atoms. The van der Waals surface area contributed by atoms with Crippen LogP contribution >= 0.6 is 0 Å². The highest BCUT2D eigenvalue weighted by atomic mass is 14.9. The van der Waals surface area contributed by atoms with Crippen LogP contribution in [0, 0.1) is 22.2 Å². The monoisotopic (exact) mass is 271 g/mol. The van der Waals surface area contributed by atoms with Crippen LogP contribution in [-0.2, 0) is 0 Å². The van der Waals surface area contributed by atoms with Crippen LogP contribution in [0.3, 0.4) is 0 Å². The van der Waals surface area contributed by atoms with Crippen LogP contribution < -0.4 is 11.1 Å². The molecular formula is C17H25N3. The number of nitrogens with zero attached hydrogens (tertiary/aromatic N) is 1. The number of nitrogen functional groups attached to an aromatic ring is 1. The second-order valence-electron chi connectivity index (χ2n) is 7.67. The van der Waals surface area contributed by atoms with Gasteiger partial charge in [-0.15, -0.1) is 0 Å². The molecule has 1 aromatic rings. The Morgan fingerprint density at radius 3 is 2.30 bits per heavy atom. The summed E-state index contributed by atoms with van der Waals surface area (Å²) < 4.78 is 0. The molecule has 108 valence electrons. The fourth-order valence-electron chi connectivity index (χ4n) is 3.93. The molecule has 0 aliphatic heterocycles. The molecule has 1 aliphatic carbocycles. The van der Waals surface area contributed by atoms with Gasteiger partial charge in [0.2, 0.25) is 0 Å². The van der Waals surface area contributed by atoms with Crippen LogP contribution in [0.4, 0.5) is 11.4 Å². The number of nitrogens with one attached hydrogen (secondary N) is 1. The summed E-state index contributed by atoms with van der Waals surface area (Å²) >= 11 is 0. The predicted octanol–water partition coefficient (Wildman–Crippen LogP) is 4.16. The van der Waals surface area contributed by atoms with Crippen molar-refractivity contribution in [3.63, 3.8) is 0 Å². The van der Waals surface area contributed by atoms with Gasteiger partial charge in [0.05, 0.1) is 23.0 Å². The summed E-state index contributed by atoms with van der Waals surface area (Å²) in [6, 6.07) is 8.03. The van der Waals surface area contributed by atoms with Crippen LogP contribution in [0.15, 0.2) is 18.2 Å². The first-order valence-electron chi connectivity index (χ1n) is 7.27. The molecule has 2 rings (SSSR count). The molecule has 3 N–H and O–H groups in total. The lowest BCUT2D eigenvalue weighted by Gasteiger charge is -2.45.